The molecule has 0 aliphatic carbocycles. The average Bonchev–Trinajstić information content (AvgIpc) is 2.65. The van der Waals surface area contributed by atoms with E-state index in [1.807, 2.05) is 19.1 Å². The van der Waals surface area contributed by atoms with Gasteiger partial charge in [-0.3, -0.25) is 0 Å². The topological polar surface area (TPSA) is 21.3 Å². The van der Waals surface area contributed by atoms with Crippen LogP contribution >= 0.6 is 0 Å². The van der Waals surface area contributed by atoms with Gasteiger partial charge in [-0.25, -0.2) is 13.2 Å². The van der Waals surface area contributed by atoms with Crippen molar-refractivity contribution >= 4 is 11.3 Å². The number of hydrogen-bond donors (Lipinski definition) is 1. The molecule has 0 bridgehead atoms. The minimum atomic E-state index is -0.777. The van der Waals surface area contributed by atoms with E-state index in [0.29, 0.717) is 16.7 Å². The molecule has 1 unspecified atom stereocenters. The summed E-state index contributed by atoms with van der Waals surface area (Å²) in [6.45, 7) is 6.14. The van der Waals surface area contributed by atoms with Crippen LogP contribution in [0.25, 0.3) is 16.7 Å². The molecule has 0 spiro atoms. The summed E-state index contributed by atoms with van der Waals surface area (Å²) in [5, 5.41) is 3.49. The Balaban J connectivity index is 1.84. The van der Waals surface area contributed by atoms with Gasteiger partial charge in [0.05, 0.1) is 5.54 Å². The van der Waals surface area contributed by atoms with Crippen LogP contribution in [0, 0.1) is 17.5 Å². The van der Waals surface area contributed by atoms with Crippen LogP contribution in [0.5, 0.6) is 5.75 Å². The molecule has 152 valence electrons. The summed E-state index contributed by atoms with van der Waals surface area (Å²) in [5.41, 5.74) is 4.97. The van der Waals surface area contributed by atoms with Crippen LogP contribution in [-0.4, -0.2) is 5.54 Å². The molecule has 0 amide bonds. The number of benzene rings is 3. The van der Waals surface area contributed by atoms with Gasteiger partial charge in [0.1, 0.15) is 11.6 Å². The van der Waals surface area contributed by atoms with Crippen molar-refractivity contribution < 1.29 is 17.9 Å². The Labute approximate surface area is 173 Å². The zero-order valence-electron chi connectivity index (χ0n) is 16.8. The van der Waals surface area contributed by atoms with Crippen LogP contribution in [0.15, 0.2) is 54.6 Å². The predicted molar refractivity (Wildman–Crippen MR) is 112 cm³/mol. The molecule has 2 aliphatic heterocycles. The fraction of sp³-hybridized carbons (Fsp3) is 0.200. The van der Waals surface area contributed by atoms with Gasteiger partial charge in [-0.05, 0) is 61.7 Å². The highest BCUT2D eigenvalue weighted by atomic mass is 19.1. The smallest absolute Gasteiger partial charge is 0.168 e. The van der Waals surface area contributed by atoms with Gasteiger partial charge in [-0.1, -0.05) is 24.3 Å². The maximum Gasteiger partial charge on any atom is 0.168 e. The van der Waals surface area contributed by atoms with Crippen molar-refractivity contribution in [1.29, 1.82) is 0 Å². The van der Waals surface area contributed by atoms with E-state index in [1.54, 1.807) is 12.1 Å². The standard InChI is InChI=1S/C25H20F3NO/c1-13-12-25(2,3)29-20-8-7-17-18-10-16(27)11-19(28)24(18)30-23(22(17)21(13)20)14-5-4-6-15(26)9-14/h4-12,23,29H,1-3H3. The molecule has 1 N–H and O–H groups in total. The van der Waals surface area contributed by atoms with E-state index < -0.39 is 23.6 Å². The molecule has 30 heavy (non-hydrogen) atoms. The summed E-state index contributed by atoms with van der Waals surface area (Å²) in [5.74, 6) is -1.88. The number of hydrogen-bond acceptors (Lipinski definition) is 2. The Hall–Kier alpha value is -3.21. The Kier molecular flexibility index (Phi) is 4.01. The highest BCUT2D eigenvalue weighted by Crippen LogP contribution is 2.51. The van der Waals surface area contributed by atoms with E-state index in [2.05, 4.69) is 25.2 Å². The van der Waals surface area contributed by atoms with Crippen LogP contribution in [0.4, 0.5) is 18.9 Å². The third-order valence-corrected chi connectivity index (χ3v) is 5.62. The number of halogens is 3. The monoisotopic (exact) mass is 407 g/mol. The third kappa shape index (κ3) is 2.88. The maximum atomic E-state index is 14.6. The lowest BCUT2D eigenvalue weighted by Crippen LogP contribution is -2.32. The van der Waals surface area contributed by atoms with Crippen LogP contribution in [-0.2, 0) is 0 Å². The first-order valence-corrected chi connectivity index (χ1v) is 9.80. The molecule has 0 fully saturated rings. The Morgan fingerprint density at radius 3 is 2.50 bits per heavy atom. The fourth-order valence-electron chi connectivity index (χ4n) is 4.61. The molecular weight excluding hydrogens is 387 g/mol. The first kappa shape index (κ1) is 18.8. The van der Waals surface area contributed by atoms with Gasteiger partial charge in [0, 0.05) is 28.4 Å². The number of fused-ring (bicyclic) bond motifs is 5. The molecule has 0 radical (unpaired) electrons. The predicted octanol–water partition coefficient (Wildman–Crippen LogP) is 6.86. The van der Waals surface area contributed by atoms with Crippen molar-refractivity contribution in [3.8, 4) is 16.9 Å². The lowest BCUT2D eigenvalue weighted by molar-refractivity contribution is 0.230. The second-order valence-corrected chi connectivity index (χ2v) is 8.44. The van der Waals surface area contributed by atoms with Gasteiger partial charge < -0.3 is 10.1 Å². The van der Waals surface area contributed by atoms with Crippen LogP contribution in [0.2, 0.25) is 0 Å². The average molecular weight is 407 g/mol. The molecule has 5 rings (SSSR count). The maximum absolute atomic E-state index is 14.6. The van der Waals surface area contributed by atoms with Crippen molar-refractivity contribution in [2.75, 3.05) is 5.32 Å². The number of allylic oxidation sites excluding steroid dienone is 1. The third-order valence-electron chi connectivity index (χ3n) is 5.62. The van der Waals surface area contributed by atoms with E-state index in [9.17, 15) is 13.2 Å². The lowest BCUT2D eigenvalue weighted by atomic mass is 9.80. The Morgan fingerprint density at radius 2 is 1.73 bits per heavy atom. The molecule has 2 heterocycles. The molecule has 2 aliphatic rings. The molecule has 3 aromatic rings. The summed E-state index contributed by atoms with van der Waals surface area (Å²) in [4.78, 5) is 0. The molecule has 3 aromatic carbocycles. The van der Waals surface area contributed by atoms with E-state index in [1.165, 1.54) is 18.2 Å². The molecule has 2 nitrogen and oxygen atoms in total. The van der Waals surface area contributed by atoms with Crippen molar-refractivity contribution in [2.24, 2.45) is 0 Å². The number of anilines is 1. The first-order valence-electron chi connectivity index (χ1n) is 9.80. The van der Waals surface area contributed by atoms with Gasteiger partial charge in [0.15, 0.2) is 17.7 Å². The quantitative estimate of drug-likeness (QED) is 0.476. The first-order chi connectivity index (χ1) is 14.2. The van der Waals surface area contributed by atoms with Crippen molar-refractivity contribution in [2.45, 2.75) is 32.4 Å². The van der Waals surface area contributed by atoms with E-state index in [0.717, 1.165) is 28.5 Å². The lowest BCUT2D eigenvalue weighted by Gasteiger charge is -2.37. The largest absolute Gasteiger partial charge is 0.477 e. The highest BCUT2D eigenvalue weighted by Gasteiger charge is 2.36. The summed E-state index contributed by atoms with van der Waals surface area (Å²) in [7, 11) is 0. The SMILES string of the molecule is CC1=CC(C)(C)Nc2ccc3c(c21)C(c1cccc(F)c1)Oc1c(F)cc(F)cc1-3. The van der Waals surface area contributed by atoms with Gasteiger partial charge >= 0.3 is 0 Å². The van der Waals surface area contributed by atoms with Crippen LogP contribution in [0.1, 0.15) is 43.6 Å². The molecule has 0 aromatic heterocycles. The fourth-order valence-corrected chi connectivity index (χ4v) is 4.61. The molecular formula is C25H20F3NO. The van der Waals surface area contributed by atoms with Crippen LogP contribution < -0.4 is 10.1 Å². The van der Waals surface area contributed by atoms with Gasteiger partial charge in [-0.15, -0.1) is 0 Å². The second-order valence-electron chi connectivity index (χ2n) is 8.44. The summed E-state index contributed by atoms with van der Waals surface area (Å²) >= 11 is 0. The second kappa shape index (κ2) is 6.39. The Bertz CT molecular complexity index is 1230. The van der Waals surface area contributed by atoms with E-state index >= 15 is 0 Å². The number of nitrogens with one attached hydrogen (secondary N) is 1. The zero-order valence-corrected chi connectivity index (χ0v) is 16.8. The number of ether oxygens (including phenoxy) is 1. The van der Waals surface area contributed by atoms with Crippen LogP contribution in [0.3, 0.4) is 0 Å². The highest BCUT2D eigenvalue weighted by molar-refractivity contribution is 5.90. The summed E-state index contributed by atoms with van der Waals surface area (Å²) in [6.07, 6.45) is 1.38. The van der Waals surface area contributed by atoms with Crippen molar-refractivity contribution in [1.82, 2.24) is 0 Å². The van der Waals surface area contributed by atoms with Crippen molar-refractivity contribution in [3.05, 3.63) is 88.7 Å². The normalized spacial score (nSPS) is 18.3. The molecule has 0 saturated heterocycles. The van der Waals surface area contributed by atoms with E-state index in [4.69, 9.17) is 4.74 Å². The summed E-state index contributed by atoms with van der Waals surface area (Å²) < 4.78 is 48.8. The van der Waals surface area contributed by atoms with Gasteiger partial charge in [0.2, 0.25) is 0 Å². The van der Waals surface area contributed by atoms with E-state index in [-0.39, 0.29) is 11.3 Å². The van der Waals surface area contributed by atoms with Gasteiger partial charge in [-0.2, -0.15) is 0 Å². The zero-order chi connectivity index (χ0) is 21.2. The molecule has 5 heteroatoms. The molecule has 1 atom stereocenters. The Morgan fingerprint density at radius 1 is 0.933 bits per heavy atom. The minimum absolute atomic E-state index is 0.0242. The van der Waals surface area contributed by atoms with Crippen molar-refractivity contribution in [3.63, 3.8) is 0 Å². The summed E-state index contributed by atoms with van der Waals surface area (Å²) in [6, 6.07) is 12.0. The molecule has 0 saturated carbocycles. The minimum Gasteiger partial charge on any atom is -0.477 e. The van der Waals surface area contributed by atoms with Gasteiger partial charge in [0.25, 0.3) is 0 Å². The number of rotatable bonds is 1.